The lowest BCUT2D eigenvalue weighted by atomic mass is 10.1. The fourth-order valence-electron chi connectivity index (χ4n) is 1.62. The number of carbonyl (C=O) groups is 2. The summed E-state index contributed by atoms with van der Waals surface area (Å²) >= 11 is 0. The fourth-order valence-corrected chi connectivity index (χ4v) is 1.62. The van der Waals surface area contributed by atoms with E-state index >= 15 is 0 Å². The summed E-state index contributed by atoms with van der Waals surface area (Å²) < 4.78 is 0. The van der Waals surface area contributed by atoms with Gasteiger partial charge in [-0.2, -0.15) is 0 Å². The van der Waals surface area contributed by atoms with Gasteiger partial charge in [0.15, 0.2) is 0 Å². The monoisotopic (exact) mass is 260 g/mol. The van der Waals surface area contributed by atoms with Crippen molar-refractivity contribution in [1.29, 1.82) is 0 Å². The zero-order valence-corrected chi connectivity index (χ0v) is 11.4. The van der Waals surface area contributed by atoms with Gasteiger partial charge in [0.2, 0.25) is 5.91 Å². The molecular weight excluding hydrogens is 240 g/mol. The molecule has 0 atom stereocenters. The van der Waals surface area contributed by atoms with Gasteiger partial charge in [0.1, 0.15) is 0 Å². The highest BCUT2D eigenvalue weighted by molar-refractivity contribution is 6.03. The number of benzene rings is 1. The van der Waals surface area contributed by atoms with Crippen LogP contribution in [-0.2, 0) is 4.79 Å². The lowest BCUT2D eigenvalue weighted by Gasteiger charge is -2.11. The van der Waals surface area contributed by atoms with Crippen molar-refractivity contribution in [1.82, 2.24) is 5.32 Å². The van der Waals surface area contributed by atoms with Crippen molar-refractivity contribution in [3.05, 3.63) is 42.5 Å². The third-order valence-corrected chi connectivity index (χ3v) is 2.45. The fraction of sp³-hybridized carbons (Fsp3) is 0.333. The summed E-state index contributed by atoms with van der Waals surface area (Å²) in [6.45, 7) is 7.89. The number of amides is 2. The number of carbonyl (C=O) groups excluding carboxylic acids is 2. The van der Waals surface area contributed by atoms with E-state index in [2.05, 4.69) is 17.2 Å². The summed E-state index contributed by atoms with van der Waals surface area (Å²) in [5, 5.41) is 5.47. The molecule has 2 amide bonds. The van der Waals surface area contributed by atoms with Gasteiger partial charge >= 0.3 is 0 Å². The molecule has 0 bridgehead atoms. The summed E-state index contributed by atoms with van der Waals surface area (Å²) in [5.74, 6) is -0.0268. The van der Waals surface area contributed by atoms with E-state index < -0.39 is 0 Å². The standard InChI is InChI=1S/C15H20N2O2/c1-4-9-16-15(19)12-7-5-6-8-13(12)17-14(18)10-11(2)3/h4-8,11H,1,9-10H2,2-3H3,(H,16,19)(H,17,18). The third kappa shape index (κ3) is 4.95. The Kier molecular flexibility index (Phi) is 5.79. The van der Waals surface area contributed by atoms with Gasteiger partial charge in [-0.05, 0) is 18.1 Å². The van der Waals surface area contributed by atoms with Crippen molar-refractivity contribution in [3.63, 3.8) is 0 Å². The number of hydrogen-bond donors (Lipinski definition) is 2. The Hall–Kier alpha value is -2.10. The first kappa shape index (κ1) is 15.0. The quantitative estimate of drug-likeness (QED) is 0.772. The van der Waals surface area contributed by atoms with E-state index in [1.165, 1.54) is 0 Å². The number of rotatable bonds is 6. The molecule has 1 rings (SSSR count). The highest BCUT2D eigenvalue weighted by Gasteiger charge is 2.12. The third-order valence-electron chi connectivity index (χ3n) is 2.45. The van der Waals surface area contributed by atoms with Gasteiger partial charge in [-0.25, -0.2) is 0 Å². The SMILES string of the molecule is C=CCNC(=O)c1ccccc1NC(=O)CC(C)C. The van der Waals surface area contributed by atoms with Crippen molar-refractivity contribution in [3.8, 4) is 0 Å². The number of para-hydroxylation sites is 1. The van der Waals surface area contributed by atoms with Crippen LogP contribution in [0.3, 0.4) is 0 Å². The summed E-state index contributed by atoms with van der Waals surface area (Å²) in [5.41, 5.74) is 0.996. The molecule has 4 nitrogen and oxygen atoms in total. The Bertz CT molecular complexity index is 467. The molecule has 1 aromatic rings. The minimum Gasteiger partial charge on any atom is -0.349 e. The van der Waals surface area contributed by atoms with Crippen LogP contribution in [0.5, 0.6) is 0 Å². The Balaban J connectivity index is 2.80. The molecule has 0 saturated carbocycles. The van der Waals surface area contributed by atoms with Crippen molar-refractivity contribution in [2.45, 2.75) is 20.3 Å². The Morgan fingerprint density at radius 2 is 2.00 bits per heavy atom. The molecule has 4 heteroatoms. The average Bonchev–Trinajstić information content (AvgIpc) is 2.35. The highest BCUT2D eigenvalue weighted by Crippen LogP contribution is 2.16. The van der Waals surface area contributed by atoms with Gasteiger partial charge in [-0.1, -0.05) is 32.1 Å². The molecule has 0 aromatic heterocycles. The molecule has 0 radical (unpaired) electrons. The second-order valence-electron chi connectivity index (χ2n) is 4.69. The largest absolute Gasteiger partial charge is 0.349 e. The van der Waals surface area contributed by atoms with Crippen molar-refractivity contribution in [2.24, 2.45) is 5.92 Å². The summed E-state index contributed by atoms with van der Waals surface area (Å²) in [6.07, 6.45) is 2.04. The van der Waals surface area contributed by atoms with Crippen molar-refractivity contribution >= 4 is 17.5 Å². The molecule has 0 heterocycles. The topological polar surface area (TPSA) is 58.2 Å². The average molecular weight is 260 g/mol. The van der Waals surface area contributed by atoms with Gasteiger partial charge in [0.05, 0.1) is 11.3 Å². The molecule has 0 spiro atoms. The van der Waals surface area contributed by atoms with Crippen LogP contribution in [0.2, 0.25) is 0 Å². The molecule has 1 aromatic carbocycles. The predicted molar refractivity (Wildman–Crippen MR) is 77.1 cm³/mol. The number of nitrogens with one attached hydrogen (secondary N) is 2. The second-order valence-corrected chi connectivity index (χ2v) is 4.69. The molecule has 19 heavy (non-hydrogen) atoms. The Morgan fingerprint density at radius 3 is 2.63 bits per heavy atom. The minimum absolute atomic E-state index is 0.0843. The van der Waals surface area contributed by atoms with Gasteiger partial charge in [0.25, 0.3) is 5.91 Å². The number of anilines is 1. The summed E-state index contributed by atoms with van der Waals surface area (Å²) in [4.78, 5) is 23.7. The molecule has 0 fully saturated rings. The zero-order chi connectivity index (χ0) is 14.3. The lowest BCUT2D eigenvalue weighted by Crippen LogP contribution is -2.25. The van der Waals surface area contributed by atoms with Gasteiger partial charge in [-0.3, -0.25) is 9.59 Å². The van der Waals surface area contributed by atoms with Crippen LogP contribution in [-0.4, -0.2) is 18.4 Å². The van der Waals surface area contributed by atoms with Crippen LogP contribution >= 0.6 is 0 Å². The lowest BCUT2D eigenvalue weighted by molar-refractivity contribution is -0.116. The first-order chi connectivity index (χ1) is 9.04. The van der Waals surface area contributed by atoms with Crippen LogP contribution in [0.1, 0.15) is 30.6 Å². The van der Waals surface area contributed by atoms with E-state index in [1.807, 2.05) is 13.8 Å². The van der Waals surface area contributed by atoms with Crippen LogP contribution in [0.15, 0.2) is 36.9 Å². The van der Waals surface area contributed by atoms with Gasteiger partial charge < -0.3 is 10.6 Å². The van der Waals surface area contributed by atoms with E-state index in [9.17, 15) is 9.59 Å². The van der Waals surface area contributed by atoms with E-state index in [-0.39, 0.29) is 17.7 Å². The number of hydrogen-bond acceptors (Lipinski definition) is 2. The first-order valence-electron chi connectivity index (χ1n) is 6.32. The van der Waals surface area contributed by atoms with Crippen molar-refractivity contribution < 1.29 is 9.59 Å². The minimum atomic E-state index is -0.222. The van der Waals surface area contributed by atoms with Crippen LogP contribution in [0.4, 0.5) is 5.69 Å². The molecule has 0 aliphatic heterocycles. The summed E-state index contributed by atoms with van der Waals surface area (Å²) in [6, 6.07) is 6.96. The van der Waals surface area contributed by atoms with Crippen molar-refractivity contribution in [2.75, 3.05) is 11.9 Å². The molecule has 0 aliphatic rings. The maximum Gasteiger partial charge on any atom is 0.253 e. The first-order valence-corrected chi connectivity index (χ1v) is 6.32. The Labute approximate surface area is 113 Å². The molecule has 0 saturated heterocycles. The van der Waals surface area contributed by atoms with Gasteiger partial charge in [-0.15, -0.1) is 6.58 Å². The highest BCUT2D eigenvalue weighted by atomic mass is 16.2. The van der Waals surface area contributed by atoms with Crippen LogP contribution in [0.25, 0.3) is 0 Å². The summed E-state index contributed by atoms with van der Waals surface area (Å²) in [7, 11) is 0. The van der Waals surface area contributed by atoms with Crippen LogP contribution in [0, 0.1) is 5.92 Å². The predicted octanol–water partition coefficient (Wildman–Crippen LogP) is 2.59. The van der Waals surface area contributed by atoms with Gasteiger partial charge in [0, 0.05) is 13.0 Å². The smallest absolute Gasteiger partial charge is 0.253 e. The van der Waals surface area contributed by atoms with Crippen LogP contribution < -0.4 is 10.6 Å². The van der Waals surface area contributed by atoms with E-state index in [1.54, 1.807) is 30.3 Å². The zero-order valence-electron chi connectivity index (χ0n) is 11.4. The maximum absolute atomic E-state index is 11.9. The van der Waals surface area contributed by atoms with E-state index in [4.69, 9.17) is 0 Å². The molecule has 102 valence electrons. The normalized spacial score (nSPS) is 10.1. The molecule has 0 aliphatic carbocycles. The molecule has 2 N–H and O–H groups in total. The molecular formula is C15H20N2O2. The van der Waals surface area contributed by atoms with E-state index in [0.29, 0.717) is 24.2 Å². The van der Waals surface area contributed by atoms with E-state index in [0.717, 1.165) is 0 Å². The Morgan fingerprint density at radius 1 is 1.32 bits per heavy atom. The molecule has 0 unspecified atom stereocenters. The second kappa shape index (κ2) is 7.36. The maximum atomic E-state index is 11.9.